The average Bonchev–Trinajstić information content (AvgIpc) is 2.29. The molecule has 0 bridgehead atoms. The molecular formula is C12H19NO3S. The average molecular weight is 257 g/mol. The van der Waals surface area contributed by atoms with E-state index in [2.05, 4.69) is 0 Å². The predicted octanol–water partition coefficient (Wildman–Crippen LogP) is 1.07. The number of nitrogens with two attached hydrogens (primary N) is 1. The van der Waals surface area contributed by atoms with E-state index in [1.165, 1.54) is 0 Å². The van der Waals surface area contributed by atoms with Gasteiger partial charge in [-0.1, -0.05) is 25.1 Å². The van der Waals surface area contributed by atoms with Gasteiger partial charge in [0, 0.05) is 0 Å². The molecule has 0 heterocycles. The van der Waals surface area contributed by atoms with E-state index >= 15 is 0 Å². The normalized spacial score (nSPS) is 13.3. The van der Waals surface area contributed by atoms with Crippen LogP contribution in [0.3, 0.4) is 0 Å². The molecule has 1 aromatic carbocycles. The molecule has 1 aromatic rings. The van der Waals surface area contributed by atoms with Crippen molar-refractivity contribution in [2.75, 3.05) is 24.7 Å². The molecule has 17 heavy (non-hydrogen) atoms. The highest BCUT2D eigenvalue weighted by Gasteiger charge is 2.14. The second-order valence-corrected chi connectivity index (χ2v) is 6.35. The molecule has 5 heteroatoms. The molecule has 1 rings (SSSR count). The summed E-state index contributed by atoms with van der Waals surface area (Å²) in [6, 6.07) is 9.18. The molecule has 2 N–H and O–H groups in total. The van der Waals surface area contributed by atoms with Gasteiger partial charge < -0.3 is 10.5 Å². The monoisotopic (exact) mass is 257 g/mol. The van der Waals surface area contributed by atoms with Crippen LogP contribution in [-0.2, 0) is 9.84 Å². The molecular weight excluding hydrogens is 238 g/mol. The Morgan fingerprint density at radius 1 is 1.29 bits per heavy atom. The Morgan fingerprint density at radius 2 is 1.94 bits per heavy atom. The van der Waals surface area contributed by atoms with Gasteiger partial charge in [-0.3, -0.25) is 0 Å². The van der Waals surface area contributed by atoms with Gasteiger partial charge in [-0.05, 0) is 24.6 Å². The lowest BCUT2D eigenvalue weighted by Crippen LogP contribution is -2.25. The van der Waals surface area contributed by atoms with E-state index in [4.69, 9.17) is 10.5 Å². The van der Waals surface area contributed by atoms with Crippen LogP contribution in [0.4, 0.5) is 0 Å². The Hall–Kier alpha value is -1.07. The standard InChI is InChI=1S/C12H19NO3S/c1-11(9-13)10-17(14,15)8-7-16-12-5-3-2-4-6-12/h2-6,11H,7-10,13H2,1H3. The molecule has 1 atom stereocenters. The van der Waals surface area contributed by atoms with E-state index < -0.39 is 9.84 Å². The van der Waals surface area contributed by atoms with Crippen LogP contribution in [0.25, 0.3) is 0 Å². The summed E-state index contributed by atoms with van der Waals surface area (Å²) in [4.78, 5) is 0. The summed E-state index contributed by atoms with van der Waals surface area (Å²) >= 11 is 0. The van der Waals surface area contributed by atoms with Gasteiger partial charge in [-0.2, -0.15) is 0 Å². The van der Waals surface area contributed by atoms with Crippen molar-refractivity contribution in [2.45, 2.75) is 6.92 Å². The molecule has 0 aliphatic rings. The fraction of sp³-hybridized carbons (Fsp3) is 0.500. The lowest BCUT2D eigenvalue weighted by atomic mass is 10.2. The number of hydrogen-bond donors (Lipinski definition) is 1. The van der Waals surface area contributed by atoms with Crippen LogP contribution in [0.2, 0.25) is 0 Å². The molecule has 0 aromatic heterocycles. The summed E-state index contributed by atoms with van der Waals surface area (Å²) in [5, 5.41) is 0. The van der Waals surface area contributed by atoms with E-state index in [9.17, 15) is 8.42 Å². The van der Waals surface area contributed by atoms with Gasteiger partial charge in [-0.25, -0.2) is 8.42 Å². The van der Waals surface area contributed by atoms with Crippen molar-refractivity contribution in [3.63, 3.8) is 0 Å². The molecule has 0 fully saturated rings. The van der Waals surface area contributed by atoms with Crippen LogP contribution in [0, 0.1) is 5.92 Å². The van der Waals surface area contributed by atoms with Crippen molar-refractivity contribution in [3.05, 3.63) is 30.3 Å². The maximum absolute atomic E-state index is 11.7. The van der Waals surface area contributed by atoms with Crippen LogP contribution in [-0.4, -0.2) is 33.1 Å². The van der Waals surface area contributed by atoms with Gasteiger partial charge in [0.05, 0.1) is 11.5 Å². The first-order valence-electron chi connectivity index (χ1n) is 5.62. The van der Waals surface area contributed by atoms with Crippen LogP contribution in [0.15, 0.2) is 30.3 Å². The largest absolute Gasteiger partial charge is 0.493 e. The number of para-hydroxylation sites is 1. The molecule has 0 radical (unpaired) electrons. The first-order valence-corrected chi connectivity index (χ1v) is 7.44. The fourth-order valence-corrected chi connectivity index (χ4v) is 2.90. The number of sulfone groups is 1. The van der Waals surface area contributed by atoms with Gasteiger partial charge in [0.25, 0.3) is 0 Å². The van der Waals surface area contributed by atoms with E-state index in [0.29, 0.717) is 12.3 Å². The molecule has 1 unspecified atom stereocenters. The zero-order valence-corrected chi connectivity index (χ0v) is 10.8. The molecule has 0 spiro atoms. The van der Waals surface area contributed by atoms with E-state index in [0.717, 1.165) is 0 Å². The van der Waals surface area contributed by atoms with E-state index in [1.807, 2.05) is 25.1 Å². The van der Waals surface area contributed by atoms with E-state index in [1.54, 1.807) is 12.1 Å². The Balaban J connectivity index is 2.36. The lowest BCUT2D eigenvalue weighted by molar-refractivity contribution is 0.340. The third-order valence-corrected chi connectivity index (χ3v) is 4.21. The van der Waals surface area contributed by atoms with Crippen molar-refractivity contribution in [1.82, 2.24) is 0 Å². The minimum Gasteiger partial charge on any atom is -0.493 e. The molecule has 0 saturated carbocycles. The Morgan fingerprint density at radius 3 is 2.53 bits per heavy atom. The summed E-state index contributed by atoms with van der Waals surface area (Å²) in [5.41, 5.74) is 5.40. The molecule has 0 amide bonds. The minimum atomic E-state index is -3.07. The topological polar surface area (TPSA) is 69.4 Å². The lowest BCUT2D eigenvalue weighted by Gasteiger charge is -2.10. The number of rotatable bonds is 7. The Bertz CT molecular complexity index is 417. The highest BCUT2D eigenvalue weighted by atomic mass is 32.2. The van der Waals surface area contributed by atoms with Crippen LogP contribution in [0.5, 0.6) is 5.75 Å². The fourth-order valence-electron chi connectivity index (χ4n) is 1.39. The van der Waals surface area contributed by atoms with Crippen molar-refractivity contribution in [3.8, 4) is 5.75 Å². The van der Waals surface area contributed by atoms with Gasteiger partial charge in [0.15, 0.2) is 9.84 Å². The van der Waals surface area contributed by atoms with Crippen molar-refractivity contribution >= 4 is 9.84 Å². The summed E-state index contributed by atoms with van der Waals surface area (Å²) in [6.45, 7) is 2.40. The molecule has 0 aliphatic carbocycles. The SMILES string of the molecule is CC(CN)CS(=O)(=O)CCOc1ccccc1. The zero-order valence-electron chi connectivity index (χ0n) is 10.0. The molecule has 0 saturated heterocycles. The van der Waals surface area contributed by atoms with Crippen LogP contribution >= 0.6 is 0 Å². The second-order valence-electron chi connectivity index (χ2n) is 4.12. The molecule has 4 nitrogen and oxygen atoms in total. The Labute approximate surface area is 103 Å². The first-order chi connectivity index (χ1) is 8.03. The maximum atomic E-state index is 11.7. The third-order valence-electron chi connectivity index (χ3n) is 2.35. The minimum absolute atomic E-state index is 0.00303. The van der Waals surface area contributed by atoms with Crippen LogP contribution < -0.4 is 10.5 Å². The highest BCUT2D eigenvalue weighted by molar-refractivity contribution is 7.91. The molecule has 0 aliphatic heterocycles. The van der Waals surface area contributed by atoms with Gasteiger partial charge in [0.1, 0.15) is 12.4 Å². The zero-order chi connectivity index (χ0) is 12.7. The smallest absolute Gasteiger partial charge is 0.153 e. The van der Waals surface area contributed by atoms with E-state index in [-0.39, 0.29) is 24.0 Å². The van der Waals surface area contributed by atoms with Crippen molar-refractivity contribution in [2.24, 2.45) is 11.7 Å². The Kier molecular flexibility index (Phi) is 5.44. The highest BCUT2D eigenvalue weighted by Crippen LogP contribution is 2.08. The molecule has 96 valence electrons. The summed E-state index contributed by atoms with van der Waals surface area (Å²) < 4.78 is 28.7. The maximum Gasteiger partial charge on any atom is 0.153 e. The van der Waals surface area contributed by atoms with Crippen molar-refractivity contribution < 1.29 is 13.2 Å². The van der Waals surface area contributed by atoms with Gasteiger partial charge in [0.2, 0.25) is 0 Å². The number of benzene rings is 1. The van der Waals surface area contributed by atoms with Gasteiger partial charge >= 0.3 is 0 Å². The quantitative estimate of drug-likeness (QED) is 0.793. The summed E-state index contributed by atoms with van der Waals surface area (Å²) in [7, 11) is -3.07. The van der Waals surface area contributed by atoms with Crippen molar-refractivity contribution in [1.29, 1.82) is 0 Å². The predicted molar refractivity (Wildman–Crippen MR) is 68.8 cm³/mol. The summed E-state index contributed by atoms with van der Waals surface area (Å²) in [5.74, 6) is 0.847. The summed E-state index contributed by atoms with van der Waals surface area (Å²) in [6.07, 6.45) is 0. The number of hydrogen-bond acceptors (Lipinski definition) is 4. The number of ether oxygens (including phenoxy) is 1. The first kappa shape index (κ1) is 14.0. The van der Waals surface area contributed by atoms with Crippen LogP contribution in [0.1, 0.15) is 6.92 Å². The third kappa shape index (κ3) is 5.70. The second kappa shape index (κ2) is 6.61. The van der Waals surface area contributed by atoms with Gasteiger partial charge in [-0.15, -0.1) is 0 Å².